The van der Waals surface area contributed by atoms with Gasteiger partial charge in [0.2, 0.25) is 0 Å². The van der Waals surface area contributed by atoms with Gasteiger partial charge in [0, 0.05) is 41.8 Å². The Morgan fingerprint density at radius 2 is 1.43 bits per heavy atom. The normalized spacial score (nSPS) is 16.4. The standard InChI is InChI=1S/C19H18Cl2N2/c20-17-6-1-15(2-7-17)3-10-19(23-13-11-22-12-14-23)16-4-8-18(21)9-5-16/h1-2,4-9,19,22H,11-14H2. The monoisotopic (exact) mass is 344 g/mol. The molecule has 0 amide bonds. The lowest BCUT2D eigenvalue weighted by molar-refractivity contribution is 0.209. The van der Waals surface area contributed by atoms with Crippen LogP contribution in [0.5, 0.6) is 0 Å². The second kappa shape index (κ2) is 7.86. The zero-order valence-electron chi connectivity index (χ0n) is 12.7. The fourth-order valence-electron chi connectivity index (χ4n) is 2.66. The summed E-state index contributed by atoms with van der Waals surface area (Å²) in [5, 5.41) is 4.86. The number of piperazine rings is 1. The predicted molar refractivity (Wildman–Crippen MR) is 97.0 cm³/mol. The number of halogens is 2. The molecule has 23 heavy (non-hydrogen) atoms. The Kier molecular flexibility index (Phi) is 5.59. The second-order valence-electron chi connectivity index (χ2n) is 5.52. The van der Waals surface area contributed by atoms with Crippen molar-refractivity contribution in [2.45, 2.75) is 6.04 Å². The highest BCUT2D eigenvalue weighted by Crippen LogP contribution is 2.22. The van der Waals surface area contributed by atoms with Crippen LogP contribution in [0.2, 0.25) is 10.0 Å². The summed E-state index contributed by atoms with van der Waals surface area (Å²) in [6, 6.07) is 15.7. The SMILES string of the molecule is Clc1ccc(C#CC(c2ccc(Cl)cc2)N2CCNCC2)cc1. The van der Waals surface area contributed by atoms with E-state index in [2.05, 4.69) is 34.2 Å². The van der Waals surface area contributed by atoms with E-state index in [1.54, 1.807) is 0 Å². The maximum Gasteiger partial charge on any atom is 0.0975 e. The molecule has 2 aromatic carbocycles. The van der Waals surface area contributed by atoms with Crippen molar-refractivity contribution in [3.05, 3.63) is 69.7 Å². The molecule has 2 nitrogen and oxygen atoms in total. The lowest BCUT2D eigenvalue weighted by Crippen LogP contribution is -2.44. The molecule has 1 N–H and O–H groups in total. The van der Waals surface area contributed by atoms with Crippen molar-refractivity contribution in [3.8, 4) is 11.8 Å². The fraction of sp³-hybridized carbons (Fsp3) is 0.263. The fourth-order valence-corrected chi connectivity index (χ4v) is 2.91. The molecule has 0 saturated carbocycles. The largest absolute Gasteiger partial charge is 0.314 e. The van der Waals surface area contributed by atoms with Crippen molar-refractivity contribution in [1.29, 1.82) is 0 Å². The maximum atomic E-state index is 6.02. The molecule has 1 atom stereocenters. The van der Waals surface area contributed by atoms with Crippen LogP contribution < -0.4 is 5.32 Å². The first-order valence-electron chi connectivity index (χ1n) is 7.70. The lowest BCUT2D eigenvalue weighted by atomic mass is 10.0. The first-order valence-corrected chi connectivity index (χ1v) is 8.45. The van der Waals surface area contributed by atoms with Gasteiger partial charge in [0.25, 0.3) is 0 Å². The van der Waals surface area contributed by atoms with Gasteiger partial charge in [-0.3, -0.25) is 4.90 Å². The molecule has 4 heteroatoms. The molecule has 1 heterocycles. The lowest BCUT2D eigenvalue weighted by Gasteiger charge is -2.32. The molecule has 1 aliphatic heterocycles. The van der Waals surface area contributed by atoms with Gasteiger partial charge in [-0.15, -0.1) is 0 Å². The van der Waals surface area contributed by atoms with Crippen LogP contribution in [0.4, 0.5) is 0 Å². The summed E-state index contributed by atoms with van der Waals surface area (Å²) < 4.78 is 0. The van der Waals surface area contributed by atoms with E-state index in [4.69, 9.17) is 23.2 Å². The predicted octanol–water partition coefficient (Wildman–Crippen LogP) is 3.99. The third-order valence-electron chi connectivity index (χ3n) is 3.90. The van der Waals surface area contributed by atoms with Crippen molar-refractivity contribution in [2.75, 3.05) is 26.2 Å². The molecular formula is C19H18Cl2N2. The van der Waals surface area contributed by atoms with Gasteiger partial charge in [-0.2, -0.15) is 0 Å². The molecule has 0 radical (unpaired) electrons. The topological polar surface area (TPSA) is 15.3 Å². The molecule has 1 aliphatic rings. The van der Waals surface area contributed by atoms with Gasteiger partial charge in [-0.05, 0) is 42.0 Å². The molecule has 2 aromatic rings. The second-order valence-corrected chi connectivity index (χ2v) is 6.39. The van der Waals surface area contributed by atoms with Gasteiger partial charge in [0.1, 0.15) is 0 Å². The molecule has 1 saturated heterocycles. The van der Waals surface area contributed by atoms with E-state index in [1.807, 2.05) is 36.4 Å². The molecule has 0 aromatic heterocycles. The Hall–Kier alpha value is -1.50. The van der Waals surface area contributed by atoms with E-state index in [0.29, 0.717) is 0 Å². The van der Waals surface area contributed by atoms with Crippen molar-refractivity contribution < 1.29 is 0 Å². The Bertz CT molecular complexity index is 693. The van der Waals surface area contributed by atoms with Crippen LogP contribution in [0.3, 0.4) is 0 Å². The summed E-state index contributed by atoms with van der Waals surface area (Å²) in [5.74, 6) is 6.70. The molecule has 3 rings (SSSR count). The van der Waals surface area contributed by atoms with Crippen LogP contribution in [0.1, 0.15) is 17.2 Å². The van der Waals surface area contributed by atoms with Crippen LogP contribution in [0, 0.1) is 11.8 Å². The van der Waals surface area contributed by atoms with Gasteiger partial charge in [0.05, 0.1) is 6.04 Å². The van der Waals surface area contributed by atoms with Crippen LogP contribution >= 0.6 is 23.2 Å². The van der Waals surface area contributed by atoms with Gasteiger partial charge in [-0.1, -0.05) is 47.2 Å². The Balaban J connectivity index is 1.88. The molecule has 1 unspecified atom stereocenters. The number of hydrogen-bond donors (Lipinski definition) is 1. The summed E-state index contributed by atoms with van der Waals surface area (Å²) in [4.78, 5) is 2.41. The maximum absolute atomic E-state index is 6.02. The summed E-state index contributed by atoms with van der Waals surface area (Å²) in [5.41, 5.74) is 2.15. The number of nitrogens with zero attached hydrogens (tertiary/aromatic N) is 1. The third-order valence-corrected chi connectivity index (χ3v) is 4.40. The highest BCUT2D eigenvalue weighted by molar-refractivity contribution is 6.30. The zero-order chi connectivity index (χ0) is 16.1. The number of hydrogen-bond acceptors (Lipinski definition) is 2. The summed E-state index contributed by atoms with van der Waals surface area (Å²) in [7, 11) is 0. The highest BCUT2D eigenvalue weighted by atomic mass is 35.5. The average molecular weight is 345 g/mol. The minimum absolute atomic E-state index is 0.0741. The Morgan fingerprint density at radius 1 is 0.870 bits per heavy atom. The van der Waals surface area contributed by atoms with Gasteiger partial charge in [-0.25, -0.2) is 0 Å². The van der Waals surface area contributed by atoms with E-state index in [0.717, 1.165) is 41.8 Å². The van der Waals surface area contributed by atoms with Crippen molar-refractivity contribution in [1.82, 2.24) is 10.2 Å². The van der Waals surface area contributed by atoms with E-state index >= 15 is 0 Å². The average Bonchev–Trinajstić information content (AvgIpc) is 2.59. The summed E-state index contributed by atoms with van der Waals surface area (Å²) >= 11 is 11.9. The van der Waals surface area contributed by atoms with Crippen LogP contribution in [0.25, 0.3) is 0 Å². The van der Waals surface area contributed by atoms with E-state index in [1.165, 1.54) is 5.56 Å². The van der Waals surface area contributed by atoms with Crippen molar-refractivity contribution in [2.24, 2.45) is 0 Å². The third kappa shape index (κ3) is 4.50. The minimum atomic E-state index is 0.0741. The summed E-state index contributed by atoms with van der Waals surface area (Å²) in [6.45, 7) is 3.96. The molecule has 0 spiro atoms. The van der Waals surface area contributed by atoms with Crippen LogP contribution in [-0.2, 0) is 0 Å². The quantitative estimate of drug-likeness (QED) is 0.828. The first kappa shape index (κ1) is 16.4. The smallest absolute Gasteiger partial charge is 0.0975 e. The Labute approximate surface area is 147 Å². The van der Waals surface area contributed by atoms with Gasteiger partial charge < -0.3 is 5.32 Å². The van der Waals surface area contributed by atoms with Crippen molar-refractivity contribution >= 4 is 23.2 Å². The number of rotatable bonds is 2. The Morgan fingerprint density at radius 3 is 2.04 bits per heavy atom. The van der Waals surface area contributed by atoms with Crippen LogP contribution in [0.15, 0.2) is 48.5 Å². The molecule has 0 bridgehead atoms. The van der Waals surface area contributed by atoms with E-state index in [9.17, 15) is 0 Å². The molecular weight excluding hydrogens is 327 g/mol. The molecule has 1 fully saturated rings. The van der Waals surface area contributed by atoms with E-state index in [-0.39, 0.29) is 6.04 Å². The first-order chi connectivity index (χ1) is 11.2. The zero-order valence-corrected chi connectivity index (χ0v) is 14.2. The molecule has 0 aliphatic carbocycles. The number of nitrogens with one attached hydrogen (secondary N) is 1. The highest BCUT2D eigenvalue weighted by Gasteiger charge is 2.20. The van der Waals surface area contributed by atoms with Gasteiger partial charge in [0.15, 0.2) is 0 Å². The van der Waals surface area contributed by atoms with Gasteiger partial charge >= 0.3 is 0 Å². The number of benzene rings is 2. The summed E-state index contributed by atoms with van der Waals surface area (Å²) in [6.07, 6.45) is 0. The minimum Gasteiger partial charge on any atom is -0.314 e. The van der Waals surface area contributed by atoms with Crippen LogP contribution in [-0.4, -0.2) is 31.1 Å². The van der Waals surface area contributed by atoms with Crippen molar-refractivity contribution in [3.63, 3.8) is 0 Å². The molecule has 118 valence electrons. The van der Waals surface area contributed by atoms with E-state index < -0.39 is 0 Å².